The Balaban J connectivity index is 1.66. The van der Waals surface area contributed by atoms with Crippen LogP contribution in [0.15, 0.2) is 52.1 Å². The molecule has 1 amide bonds. The maximum absolute atomic E-state index is 13.7. The average molecular weight is 478 g/mol. The minimum atomic E-state index is -0.464. The highest BCUT2D eigenvalue weighted by atomic mass is 19.1. The van der Waals surface area contributed by atoms with E-state index < -0.39 is 11.5 Å². The molecule has 9 heteroatoms. The first-order valence-corrected chi connectivity index (χ1v) is 12.1. The lowest BCUT2D eigenvalue weighted by Crippen LogP contribution is -2.36. The number of amides is 1. The molecule has 8 nitrogen and oxygen atoms in total. The molecule has 1 aliphatic carbocycles. The van der Waals surface area contributed by atoms with E-state index in [4.69, 9.17) is 0 Å². The zero-order valence-corrected chi connectivity index (χ0v) is 19.8. The fraction of sp³-hybridized carbons (Fsp3) is 0.385. The second-order valence-corrected chi connectivity index (χ2v) is 9.51. The third-order valence-electron chi connectivity index (χ3n) is 6.67. The van der Waals surface area contributed by atoms with Gasteiger partial charge in [0.15, 0.2) is 0 Å². The van der Waals surface area contributed by atoms with Gasteiger partial charge >= 0.3 is 5.69 Å². The largest absolute Gasteiger partial charge is 0.352 e. The lowest BCUT2D eigenvalue weighted by atomic mass is 9.95. The van der Waals surface area contributed by atoms with Crippen LogP contribution in [0.3, 0.4) is 0 Å². The van der Waals surface area contributed by atoms with E-state index in [-0.39, 0.29) is 35.9 Å². The SMILES string of the molecule is CC(C)n1c(=O)c2ccc(C(=O)NC3CCCCC3)cc2n2c(=O)n(Cc3cccc(F)c3)nc12. The number of hydrogen-bond acceptors (Lipinski definition) is 4. The maximum Gasteiger partial charge on any atom is 0.352 e. The second kappa shape index (κ2) is 9.13. The van der Waals surface area contributed by atoms with E-state index in [1.165, 1.54) is 32.2 Å². The summed E-state index contributed by atoms with van der Waals surface area (Å²) in [5.74, 6) is -0.443. The van der Waals surface area contributed by atoms with Crippen molar-refractivity contribution >= 4 is 22.6 Å². The molecular formula is C26H28FN5O3. The van der Waals surface area contributed by atoms with Gasteiger partial charge in [0, 0.05) is 17.6 Å². The molecule has 4 aromatic rings. The fourth-order valence-electron chi connectivity index (χ4n) is 4.91. The zero-order valence-electron chi connectivity index (χ0n) is 19.8. The summed E-state index contributed by atoms with van der Waals surface area (Å²) < 4.78 is 17.8. The van der Waals surface area contributed by atoms with Gasteiger partial charge in [-0.2, -0.15) is 0 Å². The molecular weight excluding hydrogens is 449 g/mol. The Morgan fingerprint density at radius 3 is 2.60 bits per heavy atom. The fourth-order valence-corrected chi connectivity index (χ4v) is 4.91. The number of aromatic nitrogens is 4. The number of nitrogens with one attached hydrogen (secondary N) is 1. The van der Waals surface area contributed by atoms with Gasteiger partial charge in [-0.15, -0.1) is 5.10 Å². The number of carbonyl (C=O) groups is 1. The molecule has 0 spiro atoms. The van der Waals surface area contributed by atoms with Crippen LogP contribution >= 0.6 is 0 Å². The van der Waals surface area contributed by atoms with Crippen LogP contribution in [0.2, 0.25) is 0 Å². The summed E-state index contributed by atoms with van der Waals surface area (Å²) in [6.07, 6.45) is 5.28. The monoisotopic (exact) mass is 477 g/mol. The molecule has 0 bridgehead atoms. The van der Waals surface area contributed by atoms with Gasteiger partial charge in [-0.3, -0.25) is 14.2 Å². The molecule has 35 heavy (non-hydrogen) atoms. The molecule has 1 saturated carbocycles. The van der Waals surface area contributed by atoms with Crippen molar-refractivity contribution in [2.24, 2.45) is 0 Å². The Labute approximate surface area is 201 Å². The quantitative estimate of drug-likeness (QED) is 0.475. The molecule has 1 N–H and O–H groups in total. The summed E-state index contributed by atoms with van der Waals surface area (Å²) in [6, 6.07) is 10.6. The van der Waals surface area contributed by atoms with Gasteiger partial charge < -0.3 is 5.32 Å². The lowest BCUT2D eigenvalue weighted by molar-refractivity contribution is 0.0928. The van der Waals surface area contributed by atoms with Crippen LogP contribution in [0.1, 0.15) is 67.9 Å². The van der Waals surface area contributed by atoms with Crippen molar-refractivity contribution in [3.8, 4) is 0 Å². The zero-order chi connectivity index (χ0) is 24.7. The highest BCUT2D eigenvalue weighted by Crippen LogP contribution is 2.20. The van der Waals surface area contributed by atoms with Gasteiger partial charge in [-0.25, -0.2) is 18.3 Å². The van der Waals surface area contributed by atoms with E-state index in [2.05, 4.69) is 10.4 Å². The normalized spacial score (nSPS) is 14.7. The summed E-state index contributed by atoms with van der Waals surface area (Å²) in [6.45, 7) is 3.73. The number of fused-ring (bicyclic) bond motifs is 3. The number of carbonyl (C=O) groups excluding carboxylic acids is 1. The third-order valence-corrected chi connectivity index (χ3v) is 6.67. The molecule has 0 aliphatic heterocycles. The molecule has 1 aliphatic rings. The summed E-state index contributed by atoms with van der Waals surface area (Å²) in [5.41, 5.74) is 0.536. The van der Waals surface area contributed by atoms with Crippen LogP contribution in [0.5, 0.6) is 0 Å². The van der Waals surface area contributed by atoms with E-state index in [9.17, 15) is 18.8 Å². The van der Waals surface area contributed by atoms with E-state index in [1.807, 2.05) is 13.8 Å². The van der Waals surface area contributed by atoms with Crippen molar-refractivity contribution < 1.29 is 9.18 Å². The van der Waals surface area contributed by atoms with Crippen LogP contribution in [-0.2, 0) is 6.54 Å². The minimum Gasteiger partial charge on any atom is -0.349 e. The Morgan fingerprint density at radius 2 is 1.89 bits per heavy atom. The van der Waals surface area contributed by atoms with Crippen molar-refractivity contribution in [1.82, 2.24) is 24.1 Å². The van der Waals surface area contributed by atoms with Crippen molar-refractivity contribution in [1.29, 1.82) is 0 Å². The topological polar surface area (TPSA) is 90.4 Å². The summed E-state index contributed by atoms with van der Waals surface area (Å²) in [4.78, 5) is 39.8. The number of benzene rings is 2. The second-order valence-electron chi connectivity index (χ2n) is 9.51. The third kappa shape index (κ3) is 4.26. The van der Waals surface area contributed by atoms with Crippen molar-refractivity contribution in [2.45, 2.75) is 64.6 Å². The van der Waals surface area contributed by atoms with Gasteiger partial charge in [0.25, 0.3) is 11.5 Å². The molecule has 2 aromatic carbocycles. The molecule has 2 heterocycles. The molecule has 0 atom stereocenters. The van der Waals surface area contributed by atoms with Crippen molar-refractivity contribution in [3.63, 3.8) is 0 Å². The predicted molar refractivity (Wildman–Crippen MR) is 131 cm³/mol. The van der Waals surface area contributed by atoms with Crippen LogP contribution in [-0.4, -0.2) is 30.7 Å². The summed E-state index contributed by atoms with van der Waals surface area (Å²) in [7, 11) is 0. The molecule has 0 unspecified atom stereocenters. The van der Waals surface area contributed by atoms with Gasteiger partial charge in [0.2, 0.25) is 5.78 Å². The first kappa shape index (κ1) is 23.0. The van der Waals surface area contributed by atoms with E-state index in [1.54, 1.807) is 30.3 Å². The molecule has 0 saturated heterocycles. The average Bonchev–Trinajstić information content (AvgIpc) is 3.14. The standard InChI is InChI=1S/C26H28FN5O3/c1-16(2)31-24(34)21-12-11-18(23(33)28-20-9-4-3-5-10-20)14-22(21)32-25(31)29-30(26(32)35)15-17-7-6-8-19(27)13-17/h6-8,11-14,16,20H,3-5,9-10,15H2,1-2H3,(H,28,33). The molecule has 5 rings (SSSR count). The summed E-state index contributed by atoms with van der Waals surface area (Å²) >= 11 is 0. The predicted octanol–water partition coefficient (Wildman–Crippen LogP) is 3.64. The smallest absolute Gasteiger partial charge is 0.349 e. The molecule has 0 radical (unpaired) electrons. The van der Waals surface area contributed by atoms with Crippen molar-refractivity contribution in [2.75, 3.05) is 0 Å². The highest BCUT2D eigenvalue weighted by molar-refractivity contribution is 5.98. The first-order chi connectivity index (χ1) is 16.8. The molecule has 182 valence electrons. The molecule has 1 fully saturated rings. The van der Waals surface area contributed by atoms with Crippen LogP contribution in [0.25, 0.3) is 16.7 Å². The Hall–Kier alpha value is -3.75. The first-order valence-electron chi connectivity index (χ1n) is 12.1. The number of nitrogens with zero attached hydrogens (tertiary/aromatic N) is 4. The number of halogens is 1. The maximum atomic E-state index is 13.7. The van der Waals surface area contributed by atoms with Crippen LogP contribution in [0, 0.1) is 5.82 Å². The minimum absolute atomic E-state index is 0.0495. The number of hydrogen-bond donors (Lipinski definition) is 1. The van der Waals surface area contributed by atoms with Gasteiger partial charge in [0.05, 0.1) is 17.4 Å². The van der Waals surface area contributed by atoms with Crippen molar-refractivity contribution in [3.05, 3.63) is 80.2 Å². The summed E-state index contributed by atoms with van der Waals surface area (Å²) in [5, 5.41) is 7.86. The van der Waals surface area contributed by atoms with E-state index in [0.717, 1.165) is 25.7 Å². The van der Waals surface area contributed by atoms with Gasteiger partial charge in [-0.05, 0) is 62.6 Å². The Morgan fingerprint density at radius 1 is 1.11 bits per heavy atom. The Kier molecular flexibility index (Phi) is 6.00. The van der Waals surface area contributed by atoms with Crippen LogP contribution in [0.4, 0.5) is 4.39 Å². The number of rotatable bonds is 5. The highest BCUT2D eigenvalue weighted by Gasteiger charge is 2.22. The van der Waals surface area contributed by atoms with Gasteiger partial charge in [0.1, 0.15) is 5.82 Å². The van der Waals surface area contributed by atoms with E-state index >= 15 is 0 Å². The lowest BCUT2D eigenvalue weighted by Gasteiger charge is -2.22. The van der Waals surface area contributed by atoms with Gasteiger partial charge in [-0.1, -0.05) is 31.4 Å². The Bertz CT molecular complexity index is 1540. The van der Waals surface area contributed by atoms with E-state index in [0.29, 0.717) is 22.0 Å². The van der Waals surface area contributed by atoms with Crippen LogP contribution < -0.4 is 16.6 Å². The molecule has 2 aromatic heterocycles.